The third-order valence-electron chi connectivity index (χ3n) is 2.75. The van der Waals surface area contributed by atoms with Crippen LogP contribution in [0.1, 0.15) is 17.4 Å². The Morgan fingerprint density at radius 3 is 2.94 bits per heavy atom. The van der Waals surface area contributed by atoms with Crippen LogP contribution in [0.2, 0.25) is 0 Å². The van der Waals surface area contributed by atoms with Gasteiger partial charge in [0.15, 0.2) is 5.82 Å². The van der Waals surface area contributed by atoms with Crippen molar-refractivity contribution in [2.45, 2.75) is 19.9 Å². The smallest absolute Gasteiger partial charge is 0.215 e. The monoisotopic (exact) mass is 263 g/mol. The summed E-state index contributed by atoms with van der Waals surface area (Å²) in [5.74, 6) is 1.23. The Bertz CT molecular complexity index is 525. The molecule has 0 saturated carbocycles. The van der Waals surface area contributed by atoms with E-state index in [0.29, 0.717) is 17.4 Å². The minimum absolute atomic E-state index is 0.564. The van der Waals surface area contributed by atoms with Gasteiger partial charge in [0.2, 0.25) is 5.88 Å². The zero-order valence-corrected chi connectivity index (χ0v) is 11.4. The minimum atomic E-state index is 0.564. The van der Waals surface area contributed by atoms with E-state index >= 15 is 0 Å². The zero-order valence-electron chi connectivity index (χ0n) is 10.6. The highest BCUT2D eigenvalue weighted by atomic mass is 32.1. The molecular formula is C13H17N3OS. The van der Waals surface area contributed by atoms with Gasteiger partial charge in [-0.15, -0.1) is 11.3 Å². The van der Waals surface area contributed by atoms with Crippen molar-refractivity contribution < 1.29 is 4.74 Å². The van der Waals surface area contributed by atoms with Gasteiger partial charge in [-0.1, -0.05) is 6.92 Å². The number of ether oxygens (including phenoxy) is 1. The maximum atomic E-state index is 5.88. The summed E-state index contributed by atoms with van der Waals surface area (Å²) in [4.78, 5) is 5.61. The largest absolute Gasteiger partial charge is 0.481 e. The molecule has 2 aromatic heterocycles. The lowest BCUT2D eigenvalue weighted by atomic mass is 10.2. The van der Waals surface area contributed by atoms with E-state index in [1.54, 1.807) is 30.6 Å². The molecule has 0 atom stereocenters. The number of hydrogen-bond donors (Lipinski definition) is 2. The molecule has 0 fully saturated rings. The van der Waals surface area contributed by atoms with Crippen LogP contribution >= 0.6 is 11.3 Å². The van der Waals surface area contributed by atoms with Crippen molar-refractivity contribution in [1.82, 2.24) is 4.98 Å². The van der Waals surface area contributed by atoms with E-state index in [2.05, 4.69) is 28.7 Å². The number of anilines is 2. The number of hydrogen-bond acceptors (Lipinski definition) is 5. The van der Waals surface area contributed by atoms with E-state index in [0.717, 1.165) is 13.0 Å². The molecule has 0 spiro atoms. The maximum absolute atomic E-state index is 5.88. The van der Waals surface area contributed by atoms with Gasteiger partial charge in [-0.3, -0.25) is 0 Å². The Balaban J connectivity index is 2.10. The molecule has 0 bridgehead atoms. The van der Waals surface area contributed by atoms with Gasteiger partial charge in [0.25, 0.3) is 0 Å². The van der Waals surface area contributed by atoms with Crippen LogP contribution in [0.4, 0.5) is 11.5 Å². The first-order valence-corrected chi connectivity index (χ1v) is 6.72. The standard InChI is InChI=1S/C13H17N3OS/c1-3-9-6-7-18-11(9)8-15-13-10(14)4-5-12(16-13)17-2/h4-7H,3,8,14H2,1-2H3,(H,15,16). The van der Waals surface area contributed by atoms with Gasteiger partial charge in [0.05, 0.1) is 19.3 Å². The quantitative estimate of drug-likeness (QED) is 0.870. The molecule has 2 heterocycles. The van der Waals surface area contributed by atoms with Crippen molar-refractivity contribution in [2.24, 2.45) is 0 Å². The molecule has 0 amide bonds. The summed E-state index contributed by atoms with van der Waals surface area (Å²) in [7, 11) is 1.59. The number of pyridine rings is 1. The first kappa shape index (κ1) is 12.7. The van der Waals surface area contributed by atoms with Gasteiger partial charge in [0, 0.05) is 10.9 Å². The van der Waals surface area contributed by atoms with Crippen LogP contribution in [0, 0.1) is 0 Å². The molecule has 18 heavy (non-hydrogen) atoms. The van der Waals surface area contributed by atoms with Gasteiger partial charge in [-0.05, 0) is 29.5 Å². The van der Waals surface area contributed by atoms with Gasteiger partial charge >= 0.3 is 0 Å². The van der Waals surface area contributed by atoms with Crippen LogP contribution in [-0.2, 0) is 13.0 Å². The van der Waals surface area contributed by atoms with E-state index in [1.165, 1.54) is 10.4 Å². The highest BCUT2D eigenvalue weighted by molar-refractivity contribution is 7.10. The van der Waals surface area contributed by atoms with Crippen molar-refractivity contribution >= 4 is 22.8 Å². The summed E-state index contributed by atoms with van der Waals surface area (Å²) in [6.07, 6.45) is 1.04. The fourth-order valence-electron chi connectivity index (χ4n) is 1.71. The average Bonchev–Trinajstić information content (AvgIpc) is 2.85. The molecule has 0 aromatic carbocycles. The number of aryl methyl sites for hydroxylation is 1. The summed E-state index contributed by atoms with van der Waals surface area (Å²) >= 11 is 1.75. The van der Waals surface area contributed by atoms with E-state index in [4.69, 9.17) is 10.5 Å². The van der Waals surface area contributed by atoms with Crippen LogP contribution < -0.4 is 15.8 Å². The molecule has 0 aliphatic rings. The number of aromatic nitrogens is 1. The summed E-state index contributed by atoms with van der Waals surface area (Å²) in [6.45, 7) is 2.90. The number of nitrogen functional groups attached to an aromatic ring is 1. The average molecular weight is 263 g/mol. The summed E-state index contributed by atoms with van der Waals surface area (Å²) in [5, 5.41) is 5.37. The maximum Gasteiger partial charge on any atom is 0.215 e. The summed E-state index contributed by atoms with van der Waals surface area (Å²) < 4.78 is 5.09. The Kier molecular flexibility index (Phi) is 4.04. The number of nitrogens with one attached hydrogen (secondary N) is 1. The molecule has 2 aromatic rings. The zero-order chi connectivity index (χ0) is 13.0. The third-order valence-corrected chi connectivity index (χ3v) is 3.71. The highest BCUT2D eigenvalue weighted by Gasteiger charge is 2.06. The van der Waals surface area contributed by atoms with Gasteiger partial charge in [0.1, 0.15) is 0 Å². The number of nitrogens with two attached hydrogens (primary N) is 1. The third kappa shape index (κ3) is 2.73. The molecular weight excluding hydrogens is 246 g/mol. The molecule has 4 nitrogen and oxygen atoms in total. The molecule has 0 aliphatic heterocycles. The van der Waals surface area contributed by atoms with Crippen molar-refractivity contribution in [1.29, 1.82) is 0 Å². The van der Waals surface area contributed by atoms with Crippen molar-refractivity contribution in [3.05, 3.63) is 34.0 Å². The molecule has 96 valence electrons. The van der Waals surface area contributed by atoms with Crippen LogP contribution in [0.25, 0.3) is 0 Å². The second-order valence-corrected chi connectivity index (χ2v) is 4.87. The SMILES string of the molecule is CCc1ccsc1CNc1nc(OC)ccc1N. The number of nitrogens with zero attached hydrogens (tertiary/aromatic N) is 1. The van der Waals surface area contributed by atoms with E-state index in [9.17, 15) is 0 Å². The predicted molar refractivity (Wildman–Crippen MR) is 76.2 cm³/mol. The topological polar surface area (TPSA) is 60.2 Å². The first-order chi connectivity index (χ1) is 8.74. The molecule has 5 heteroatoms. The van der Waals surface area contributed by atoms with Crippen LogP contribution in [0.15, 0.2) is 23.6 Å². The van der Waals surface area contributed by atoms with Gasteiger partial charge in [-0.25, -0.2) is 0 Å². The molecule has 0 aliphatic carbocycles. The van der Waals surface area contributed by atoms with Crippen molar-refractivity contribution in [3.63, 3.8) is 0 Å². The lowest BCUT2D eigenvalue weighted by Crippen LogP contribution is -2.05. The number of thiophene rings is 1. The second-order valence-electron chi connectivity index (χ2n) is 3.87. The van der Waals surface area contributed by atoms with Crippen molar-refractivity contribution in [3.8, 4) is 5.88 Å². The fraction of sp³-hybridized carbons (Fsp3) is 0.308. The van der Waals surface area contributed by atoms with Crippen molar-refractivity contribution in [2.75, 3.05) is 18.2 Å². The molecule has 3 N–H and O–H groups in total. The number of methoxy groups -OCH3 is 1. The number of rotatable bonds is 5. The van der Waals surface area contributed by atoms with E-state index < -0.39 is 0 Å². The van der Waals surface area contributed by atoms with E-state index in [1.807, 2.05) is 0 Å². The summed E-state index contributed by atoms with van der Waals surface area (Å²) in [5.41, 5.74) is 7.88. The molecule has 2 rings (SSSR count). The normalized spacial score (nSPS) is 10.3. The molecule has 0 unspecified atom stereocenters. The van der Waals surface area contributed by atoms with Gasteiger partial charge in [-0.2, -0.15) is 4.98 Å². The first-order valence-electron chi connectivity index (χ1n) is 5.84. The Labute approximate surface area is 111 Å². The fourth-order valence-corrected chi connectivity index (χ4v) is 2.62. The van der Waals surface area contributed by atoms with Crippen LogP contribution in [-0.4, -0.2) is 12.1 Å². The summed E-state index contributed by atoms with van der Waals surface area (Å²) in [6, 6.07) is 5.70. The Morgan fingerprint density at radius 1 is 1.39 bits per heavy atom. The molecule has 0 saturated heterocycles. The highest BCUT2D eigenvalue weighted by Crippen LogP contribution is 2.23. The van der Waals surface area contributed by atoms with Crippen LogP contribution in [0.3, 0.4) is 0 Å². The lowest BCUT2D eigenvalue weighted by molar-refractivity contribution is 0.398. The van der Waals surface area contributed by atoms with E-state index in [-0.39, 0.29) is 0 Å². The Hall–Kier alpha value is -1.75. The second kappa shape index (κ2) is 5.73. The Morgan fingerprint density at radius 2 is 2.22 bits per heavy atom. The predicted octanol–water partition coefficient (Wildman–Crippen LogP) is 2.91. The lowest BCUT2D eigenvalue weighted by Gasteiger charge is -2.09. The van der Waals surface area contributed by atoms with Crippen LogP contribution in [0.5, 0.6) is 5.88 Å². The van der Waals surface area contributed by atoms with Gasteiger partial charge < -0.3 is 15.8 Å². The minimum Gasteiger partial charge on any atom is -0.481 e. The molecule has 0 radical (unpaired) electrons.